The van der Waals surface area contributed by atoms with Gasteiger partial charge in [0.05, 0.1) is 12.5 Å². The summed E-state index contributed by atoms with van der Waals surface area (Å²) >= 11 is 0. The Labute approximate surface area is 204 Å². The molecule has 0 radical (unpaired) electrons. The normalized spacial score (nSPS) is 16.9. The molecular weight excluding hydrogens is 444 g/mol. The largest absolute Gasteiger partial charge is 0.494 e. The Morgan fingerprint density at radius 1 is 0.800 bits per heavy atom. The zero-order valence-corrected chi connectivity index (χ0v) is 19.5. The van der Waals surface area contributed by atoms with E-state index in [1.165, 1.54) is 0 Å². The molecular formula is C28H28N2O5. The maximum absolute atomic E-state index is 12.8. The lowest BCUT2D eigenvalue weighted by Gasteiger charge is -2.14. The number of amides is 2. The first-order chi connectivity index (χ1) is 16.9. The van der Waals surface area contributed by atoms with Gasteiger partial charge in [-0.05, 0) is 67.3 Å². The second-order valence-electron chi connectivity index (χ2n) is 8.54. The van der Waals surface area contributed by atoms with Crippen molar-refractivity contribution in [3.05, 3.63) is 78.4 Å². The first-order valence-corrected chi connectivity index (χ1v) is 11.7. The van der Waals surface area contributed by atoms with Gasteiger partial charge in [-0.25, -0.2) is 4.79 Å². The molecule has 1 fully saturated rings. The first kappa shape index (κ1) is 24.0. The van der Waals surface area contributed by atoms with E-state index in [9.17, 15) is 19.5 Å². The zero-order chi connectivity index (χ0) is 24.8. The van der Waals surface area contributed by atoms with E-state index in [-0.39, 0.29) is 11.8 Å². The zero-order valence-electron chi connectivity index (χ0n) is 19.5. The van der Waals surface area contributed by atoms with Gasteiger partial charge in [-0.15, -0.1) is 0 Å². The van der Waals surface area contributed by atoms with E-state index in [2.05, 4.69) is 10.6 Å². The fourth-order valence-corrected chi connectivity index (χ4v) is 4.45. The molecule has 7 heteroatoms. The van der Waals surface area contributed by atoms with Crippen LogP contribution in [0.25, 0.3) is 11.1 Å². The molecule has 4 rings (SSSR count). The van der Waals surface area contributed by atoms with Crippen LogP contribution in [0, 0.1) is 11.8 Å². The Balaban J connectivity index is 1.35. The Morgan fingerprint density at radius 2 is 1.31 bits per heavy atom. The molecule has 2 atom stereocenters. The van der Waals surface area contributed by atoms with Gasteiger partial charge in [0, 0.05) is 22.9 Å². The molecule has 2 amide bonds. The summed E-state index contributed by atoms with van der Waals surface area (Å²) in [6.07, 6.45) is 1.95. The third-order valence-electron chi connectivity index (χ3n) is 6.24. The van der Waals surface area contributed by atoms with E-state index >= 15 is 0 Å². The Morgan fingerprint density at radius 3 is 1.86 bits per heavy atom. The number of ketones is 1. The van der Waals surface area contributed by atoms with Gasteiger partial charge in [-0.1, -0.05) is 42.8 Å². The number of rotatable bonds is 8. The summed E-state index contributed by atoms with van der Waals surface area (Å²) in [6.45, 7) is 2.50. The third-order valence-corrected chi connectivity index (χ3v) is 6.24. The van der Waals surface area contributed by atoms with E-state index in [1.54, 1.807) is 36.4 Å². The predicted molar refractivity (Wildman–Crippen MR) is 135 cm³/mol. The summed E-state index contributed by atoms with van der Waals surface area (Å²) in [5.41, 5.74) is 3.70. The first-order valence-electron chi connectivity index (χ1n) is 11.7. The van der Waals surface area contributed by atoms with Gasteiger partial charge in [-0.2, -0.15) is 0 Å². The summed E-state index contributed by atoms with van der Waals surface area (Å²) in [7, 11) is 0. The molecule has 35 heavy (non-hydrogen) atoms. The van der Waals surface area contributed by atoms with Crippen LogP contribution in [0.3, 0.4) is 0 Å². The SMILES string of the molecule is CCOc1ccc(NC(=O)Nc2ccc(-c3ccc(C(=O)[C@H]4CCC[C@@H]4C(=O)O)cc3)cc2)cc1. The number of carboxylic acid groups (broad SMARTS) is 1. The number of hydrogen-bond acceptors (Lipinski definition) is 4. The molecule has 1 saturated carbocycles. The van der Waals surface area contributed by atoms with Crippen molar-refractivity contribution < 1.29 is 24.2 Å². The highest BCUT2D eigenvalue weighted by Crippen LogP contribution is 2.35. The van der Waals surface area contributed by atoms with E-state index in [4.69, 9.17) is 4.74 Å². The van der Waals surface area contributed by atoms with Crippen LogP contribution in [0.4, 0.5) is 16.2 Å². The van der Waals surface area contributed by atoms with Crippen LogP contribution in [0.15, 0.2) is 72.8 Å². The monoisotopic (exact) mass is 472 g/mol. The number of benzene rings is 3. The molecule has 3 aromatic rings. The van der Waals surface area contributed by atoms with Gasteiger partial charge >= 0.3 is 12.0 Å². The van der Waals surface area contributed by atoms with Gasteiger partial charge in [0.25, 0.3) is 0 Å². The second-order valence-corrected chi connectivity index (χ2v) is 8.54. The van der Waals surface area contributed by atoms with Crippen molar-refractivity contribution in [2.45, 2.75) is 26.2 Å². The van der Waals surface area contributed by atoms with Gasteiger partial charge < -0.3 is 20.5 Å². The Bertz CT molecular complexity index is 1190. The number of Topliss-reactive ketones (excluding diaryl/α,β-unsaturated/α-hetero) is 1. The van der Waals surface area contributed by atoms with Crippen molar-refractivity contribution in [3.63, 3.8) is 0 Å². The number of carbonyl (C=O) groups is 3. The van der Waals surface area contributed by atoms with Crippen LogP contribution in [0.2, 0.25) is 0 Å². The maximum Gasteiger partial charge on any atom is 0.323 e. The second kappa shape index (κ2) is 10.9. The number of nitrogens with one attached hydrogen (secondary N) is 2. The molecule has 0 aliphatic heterocycles. The fourth-order valence-electron chi connectivity index (χ4n) is 4.45. The van der Waals surface area contributed by atoms with Crippen molar-refractivity contribution in [2.75, 3.05) is 17.2 Å². The Kier molecular flexibility index (Phi) is 7.45. The third kappa shape index (κ3) is 5.87. The molecule has 0 aromatic heterocycles. The molecule has 0 bridgehead atoms. The van der Waals surface area contributed by atoms with Crippen LogP contribution in [-0.4, -0.2) is 29.5 Å². The highest BCUT2D eigenvalue weighted by molar-refractivity contribution is 6.01. The molecule has 1 aliphatic carbocycles. The molecule has 0 unspecified atom stereocenters. The Hall–Kier alpha value is -4.13. The van der Waals surface area contributed by atoms with Gasteiger partial charge in [-0.3, -0.25) is 9.59 Å². The van der Waals surface area contributed by atoms with E-state index in [0.717, 1.165) is 23.3 Å². The lowest BCUT2D eigenvalue weighted by atomic mass is 9.88. The van der Waals surface area contributed by atoms with Crippen molar-refractivity contribution in [1.82, 2.24) is 0 Å². The molecule has 0 spiro atoms. The van der Waals surface area contributed by atoms with Crippen molar-refractivity contribution in [3.8, 4) is 16.9 Å². The van der Waals surface area contributed by atoms with E-state index in [1.807, 2.05) is 43.3 Å². The summed E-state index contributed by atoms with van der Waals surface area (Å²) < 4.78 is 5.40. The standard InChI is InChI=1S/C28H28N2O5/c1-2-35-23-16-14-22(15-17-23)30-28(34)29-21-12-10-19(11-13-21)18-6-8-20(9-7-18)26(31)24-4-3-5-25(24)27(32)33/h6-17,24-25H,2-5H2,1H3,(H,32,33)(H2,29,30,34)/t24-,25-/m0/s1. The molecule has 180 valence electrons. The molecule has 0 saturated heterocycles. The summed E-state index contributed by atoms with van der Waals surface area (Å²) in [5.74, 6) is -1.28. The lowest BCUT2D eigenvalue weighted by Crippen LogP contribution is -2.25. The highest BCUT2D eigenvalue weighted by Gasteiger charge is 2.37. The minimum Gasteiger partial charge on any atom is -0.494 e. The van der Waals surface area contributed by atoms with Crippen molar-refractivity contribution >= 4 is 29.2 Å². The number of anilines is 2. The van der Waals surface area contributed by atoms with Crippen molar-refractivity contribution in [1.29, 1.82) is 0 Å². The number of ether oxygens (including phenoxy) is 1. The fraction of sp³-hybridized carbons (Fsp3) is 0.250. The summed E-state index contributed by atoms with van der Waals surface area (Å²) in [4.78, 5) is 36.5. The number of carboxylic acids is 1. The minimum atomic E-state index is -0.890. The van der Waals surface area contributed by atoms with E-state index in [0.29, 0.717) is 36.4 Å². The van der Waals surface area contributed by atoms with Crippen LogP contribution in [0.1, 0.15) is 36.5 Å². The number of hydrogen-bond donors (Lipinski definition) is 3. The summed E-state index contributed by atoms with van der Waals surface area (Å²) in [6, 6.07) is 21.4. The number of aliphatic carboxylic acids is 1. The number of urea groups is 1. The van der Waals surface area contributed by atoms with Gasteiger partial charge in [0.15, 0.2) is 5.78 Å². The topological polar surface area (TPSA) is 105 Å². The quantitative estimate of drug-likeness (QED) is 0.345. The molecule has 0 heterocycles. The highest BCUT2D eigenvalue weighted by atomic mass is 16.5. The van der Waals surface area contributed by atoms with Crippen LogP contribution < -0.4 is 15.4 Å². The summed E-state index contributed by atoms with van der Waals surface area (Å²) in [5, 5.41) is 14.9. The number of carbonyl (C=O) groups excluding carboxylic acids is 2. The average molecular weight is 473 g/mol. The van der Waals surface area contributed by atoms with Gasteiger partial charge in [0.2, 0.25) is 0 Å². The van der Waals surface area contributed by atoms with Crippen LogP contribution >= 0.6 is 0 Å². The maximum atomic E-state index is 12.8. The van der Waals surface area contributed by atoms with Crippen molar-refractivity contribution in [2.24, 2.45) is 11.8 Å². The van der Waals surface area contributed by atoms with Crippen LogP contribution in [-0.2, 0) is 4.79 Å². The van der Waals surface area contributed by atoms with Gasteiger partial charge in [0.1, 0.15) is 5.75 Å². The molecule has 3 aromatic carbocycles. The lowest BCUT2D eigenvalue weighted by molar-refractivity contribution is -0.142. The minimum absolute atomic E-state index is 0.0976. The van der Waals surface area contributed by atoms with E-state index < -0.39 is 17.8 Å². The van der Waals surface area contributed by atoms with Crippen LogP contribution in [0.5, 0.6) is 5.75 Å². The molecule has 3 N–H and O–H groups in total. The predicted octanol–water partition coefficient (Wildman–Crippen LogP) is 6.08. The molecule has 7 nitrogen and oxygen atoms in total. The smallest absolute Gasteiger partial charge is 0.323 e. The average Bonchev–Trinajstić information content (AvgIpc) is 3.36. The molecule has 1 aliphatic rings.